The first-order valence-electron chi connectivity index (χ1n) is 18.4. The second kappa shape index (κ2) is 11.9. The van der Waals surface area contributed by atoms with Gasteiger partial charge in [-0.1, -0.05) is 96.3 Å². The van der Waals surface area contributed by atoms with Gasteiger partial charge in [-0.05, 0) is 135 Å². The molecule has 0 radical (unpaired) electrons. The molecule has 0 heterocycles. The van der Waals surface area contributed by atoms with Crippen molar-refractivity contribution < 1.29 is 0 Å². The van der Waals surface area contributed by atoms with Crippen molar-refractivity contribution in [3.63, 3.8) is 0 Å². The summed E-state index contributed by atoms with van der Waals surface area (Å²) in [4.78, 5) is 0. The van der Waals surface area contributed by atoms with E-state index in [2.05, 4.69) is 0 Å². The molecule has 7 fully saturated rings. The fourth-order valence-corrected chi connectivity index (χ4v) is 13.5. The summed E-state index contributed by atoms with van der Waals surface area (Å²) in [5.74, 6) is 13.6. The van der Waals surface area contributed by atoms with Crippen LogP contribution in [0.4, 0.5) is 0 Å². The summed E-state index contributed by atoms with van der Waals surface area (Å²) in [5, 5.41) is 0. The van der Waals surface area contributed by atoms with E-state index in [1.165, 1.54) is 6.42 Å². The maximum Gasteiger partial charge on any atom is -0.0321 e. The molecule has 0 aromatic heterocycles. The van der Waals surface area contributed by atoms with Gasteiger partial charge in [0.15, 0.2) is 0 Å². The second-order valence-electron chi connectivity index (χ2n) is 16.1. The lowest BCUT2D eigenvalue weighted by Crippen LogP contribution is -2.54. The lowest BCUT2D eigenvalue weighted by molar-refractivity contribution is -0.119. The molecule has 7 aliphatic carbocycles. The predicted molar refractivity (Wildman–Crippen MR) is 157 cm³/mol. The first kappa shape index (κ1) is 25.9. The maximum atomic E-state index is 1.64. The van der Waals surface area contributed by atoms with Gasteiger partial charge in [0.1, 0.15) is 0 Å². The Balaban J connectivity index is 1.14. The van der Waals surface area contributed by atoms with E-state index in [4.69, 9.17) is 0 Å². The van der Waals surface area contributed by atoms with Crippen molar-refractivity contribution in [1.82, 2.24) is 0 Å². The van der Waals surface area contributed by atoms with Crippen molar-refractivity contribution in [3.05, 3.63) is 0 Å². The normalized spacial score (nSPS) is 49.8. The Hall–Kier alpha value is 0. The predicted octanol–water partition coefficient (Wildman–Crippen LogP) is 11.2. The molecule has 0 aliphatic heterocycles. The molecule has 0 aromatic carbocycles. The standard InChI is InChI=1S/C37H62/c1-3-12-26(13-4-1)27-22-24-29(25-23-27)36-32-17-5-2-6-18-34(32)37(35-20-10-9-19-33(35)36)31-21-11-15-28-14-7-8-16-30(28)31/h26-37H,1-25H2/t27?,28?,29?,30-,31?,32-,33?,34?,35?,36-,37+/m1/s1. The molecule has 7 rings (SSSR count). The van der Waals surface area contributed by atoms with Crippen molar-refractivity contribution in [1.29, 1.82) is 0 Å². The highest BCUT2D eigenvalue weighted by atomic mass is 14.6. The van der Waals surface area contributed by atoms with E-state index in [0.717, 1.165) is 71.0 Å². The summed E-state index contributed by atoms with van der Waals surface area (Å²) in [6, 6.07) is 0. The average molecular weight is 507 g/mol. The van der Waals surface area contributed by atoms with Gasteiger partial charge in [-0.3, -0.25) is 0 Å². The number of rotatable bonds is 3. The average Bonchev–Trinajstić information content (AvgIpc) is 3.22. The summed E-state index contributed by atoms with van der Waals surface area (Å²) in [6.45, 7) is 0. The quantitative estimate of drug-likeness (QED) is 0.357. The second-order valence-corrected chi connectivity index (χ2v) is 16.1. The zero-order chi connectivity index (χ0) is 24.6. The molecule has 5 unspecified atom stereocenters. The van der Waals surface area contributed by atoms with Gasteiger partial charge in [-0.25, -0.2) is 0 Å². The van der Waals surface area contributed by atoms with Gasteiger partial charge >= 0.3 is 0 Å². The summed E-state index contributed by atoms with van der Waals surface area (Å²) >= 11 is 0. The van der Waals surface area contributed by atoms with Gasteiger partial charge in [0, 0.05) is 0 Å². The minimum Gasteiger partial charge on any atom is -0.0533 e. The summed E-state index contributed by atoms with van der Waals surface area (Å²) < 4.78 is 0. The molecule has 7 aliphatic rings. The lowest BCUT2D eigenvalue weighted by Gasteiger charge is -2.60. The van der Waals surface area contributed by atoms with Crippen LogP contribution in [0.15, 0.2) is 0 Å². The molecule has 7 saturated carbocycles. The molecule has 0 aromatic rings. The Bertz CT molecular complexity index is 708. The first-order chi connectivity index (χ1) is 18.4. The summed E-state index contributed by atoms with van der Waals surface area (Å²) in [7, 11) is 0. The highest BCUT2D eigenvalue weighted by molar-refractivity contribution is 5.05. The Labute approximate surface area is 231 Å². The van der Waals surface area contributed by atoms with Crippen LogP contribution in [0.1, 0.15) is 161 Å². The summed E-state index contributed by atoms with van der Waals surface area (Å²) in [6.07, 6.45) is 39.9. The van der Waals surface area contributed by atoms with Gasteiger partial charge in [-0.15, -0.1) is 0 Å². The molecule has 0 amide bonds. The van der Waals surface area contributed by atoms with E-state index < -0.39 is 0 Å². The van der Waals surface area contributed by atoms with Crippen molar-refractivity contribution in [2.75, 3.05) is 0 Å². The van der Waals surface area contributed by atoms with Gasteiger partial charge in [0.25, 0.3) is 0 Å². The van der Waals surface area contributed by atoms with Crippen molar-refractivity contribution in [2.45, 2.75) is 161 Å². The van der Waals surface area contributed by atoms with Crippen molar-refractivity contribution >= 4 is 0 Å². The Morgan fingerprint density at radius 3 is 1.19 bits per heavy atom. The van der Waals surface area contributed by atoms with Crippen LogP contribution in [-0.4, -0.2) is 0 Å². The molecule has 0 heteroatoms. The lowest BCUT2D eigenvalue weighted by atomic mass is 9.44. The largest absolute Gasteiger partial charge is 0.0533 e. The fraction of sp³-hybridized carbons (Fsp3) is 1.00. The fourth-order valence-electron chi connectivity index (χ4n) is 13.5. The van der Waals surface area contributed by atoms with E-state index in [-0.39, 0.29) is 0 Å². The monoisotopic (exact) mass is 506 g/mol. The smallest absolute Gasteiger partial charge is 0.0321 e. The molecule has 0 N–H and O–H groups in total. The highest BCUT2D eigenvalue weighted by Gasteiger charge is 2.56. The van der Waals surface area contributed by atoms with Gasteiger partial charge in [0.2, 0.25) is 0 Å². The topological polar surface area (TPSA) is 0 Å². The van der Waals surface area contributed by atoms with E-state index in [1.807, 2.05) is 0 Å². The maximum absolute atomic E-state index is 1.64. The van der Waals surface area contributed by atoms with E-state index in [1.54, 1.807) is 154 Å². The third-order valence-electron chi connectivity index (χ3n) is 14.8. The molecular formula is C37H62. The molecular weight excluding hydrogens is 444 g/mol. The van der Waals surface area contributed by atoms with Crippen LogP contribution in [0.3, 0.4) is 0 Å². The van der Waals surface area contributed by atoms with Crippen LogP contribution in [0.25, 0.3) is 0 Å². The SMILES string of the molecule is C1CCC(C2CCC([C@H]3C4CCCCC4[C@@H](C4CCCC5CCCC[C@H]54)C4CCCCC[C@H]43)CC2)CC1. The molecule has 37 heavy (non-hydrogen) atoms. The minimum atomic E-state index is 1.12. The van der Waals surface area contributed by atoms with Crippen molar-refractivity contribution in [2.24, 2.45) is 71.0 Å². The highest BCUT2D eigenvalue weighted by Crippen LogP contribution is 2.63. The van der Waals surface area contributed by atoms with E-state index in [9.17, 15) is 0 Å². The van der Waals surface area contributed by atoms with Gasteiger partial charge in [0.05, 0.1) is 0 Å². The Morgan fingerprint density at radius 1 is 0.189 bits per heavy atom. The van der Waals surface area contributed by atoms with Crippen LogP contribution in [-0.2, 0) is 0 Å². The number of hydrogen-bond donors (Lipinski definition) is 0. The Kier molecular flexibility index (Phi) is 8.31. The third kappa shape index (κ3) is 5.14. The van der Waals surface area contributed by atoms with Crippen LogP contribution in [0, 0.1) is 71.0 Å². The third-order valence-corrected chi connectivity index (χ3v) is 14.8. The van der Waals surface area contributed by atoms with Gasteiger partial charge < -0.3 is 0 Å². The van der Waals surface area contributed by atoms with Gasteiger partial charge in [-0.2, -0.15) is 0 Å². The van der Waals surface area contributed by atoms with Crippen LogP contribution < -0.4 is 0 Å². The van der Waals surface area contributed by atoms with Crippen LogP contribution in [0.2, 0.25) is 0 Å². The number of hydrogen-bond acceptors (Lipinski definition) is 0. The molecule has 210 valence electrons. The molecule has 9 atom stereocenters. The van der Waals surface area contributed by atoms with Crippen LogP contribution in [0.5, 0.6) is 0 Å². The van der Waals surface area contributed by atoms with Crippen molar-refractivity contribution in [3.8, 4) is 0 Å². The zero-order valence-corrected chi connectivity index (χ0v) is 24.6. The molecule has 0 nitrogen and oxygen atoms in total. The molecule has 0 saturated heterocycles. The molecule has 0 bridgehead atoms. The van der Waals surface area contributed by atoms with Crippen LogP contribution >= 0.6 is 0 Å². The number of fused-ring (bicyclic) bond motifs is 3. The van der Waals surface area contributed by atoms with E-state index in [0.29, 0.717) is 0 Å². The Morgan fingerprint density at radius 2 is 0.541 bits per heavy atom. The zero-order valence-electron chi connectivity index (χ0n) is 24.6. The molecule has 0 spiro atoms. The minimum absolute atomic E-state index is 1.12. The van der Waals surface area contributed by atoms with E-state index >= 15 is 0 Å². The first-order valence-corrected chi connectivity index (χ1v) is 18.4. The summed E-state index contributed by atoms with van der Waals surface area (Å²) in [5.41, 5.74) is 0.